The van der Waals surface area contributed by atoms with Crippen LogP contribution in [0.5, 0.6) is 11.5 Å². The Morgan fingerprint density at radius 1 is 1.00 bits per heavy atom. The number of likely N-dealkylation sites (N-methyl/N-ethyl adjacent to an activating group) is 1. The molecule has 3 aromatic carbocycles. The molecule has 1 aromatic heterocycles. The van der Waals surface area contributed by atoms with Gasteiger partial charge in [-0.2, -0.15) is 0 Å². The summed E-state index contributed by atoms with van der Waals surface area (Å²) in [5, 5.41) is 5.79. The van der Waals surface area contributed by atoms with E-state index in [-0.39, 0.29) is 6.03 Å². The Kier molecular flexibility index (Phi) is 6.68. The first-order valence-electron chi connectivity index (χ1n) is 12.2. The number of nitrogens with one attached hydrogen (secondary N) is 2. The van der Waals surface area contributed by atoms with E-state index in [2.05, 4.69) is 33.9 Å². The lowest BCUT2D eigenvalue weighted by atomic mass is 10.2. The number of imidazole rings is 1. The van der Waals surface area contributed by atoms with E-state index in [4.69, 9.17) is 9.72 Å². The number of anilines is 2. The Morgan fingerprint density at radius 3 is 2.49 bits per heavy atom. The highest BCUT2D eigenvalue weighted by Gasteiger charge is 2.24. The van der Waals surface area contributed by atoms with Crippen LogP contribution in [0.15, 0.2) is 72.8 Å². The van der Waals surface area contributed by atoms with Crippen LogP contribution in [0, 0.1) is 6.92 Å². The normalized spacial score (nSPS) is 15.9. The molecule has 0 radical (unpaired) electrons. The number of fused-ring (bicyclic) bond motifs is 1. The van der Waals surface area contributed by atoms with Crippen molar-refractivity contribution in [3.63, 3.8) is 0 Å². The molecule has 0 aliphatic carbocycles. The van der Waals surface area contributed by atoms with Gasteiger partial charge in [0.2, 0.25) is 0 Å². The molecular formula is C28H31N5O2. The zero-order chi connectivity index (χ0) is 24.2. The predicted octanol–water partition coefficient (Wildman–Crippen LogP) is 6.27. The van der Waals surface area contributed by atoms with Crippen molar-refractivity contribution in [2.75, 3.05) is 23.7 Å². The highest BCUT2D eigenvalue weighted by atomic mass is 16.5. The molecular weight excluding hydrogens is 438 g/mol. The molecule has 2 heterocycles. The number of carbonyl (C=O) groups excluding carboxylic acids is 1. The monoisotopic (exact) mass is 469 g/mol. The molecule has 2 amide bonds. The van der Waals surface area contributed by atoms with Gasteiger partial charge in [-0.1, -0.05) is 25.1 Å². The number of aryl methyl sites for hydroxylation is 1. The number of hydrogen-bond donors (Lipinski definition) is 2. The highest BCUT2D eigenvalue weighted by Crippen LogP contribution is 2.25. The summed E-state index contributed by atoms with van der Waals surface area (Å²) in [7, 11) is 0. The van der Waals surface area contributed by atoms with Gasteiger partial charge in [-0.15, -0.1) is 0 Å². The first-order valence-corrected chi connectivity index (χ1v) is 12.2. The summed E-state index contributed by atoms with van der Waals surface area (Å²) in [6.45, 7) is 7.50. The van der Waals surface area contributed by atoms with Gasteiger partial charge in [-0.3, -0.25) is 4.90 Å². The second kappa shape index (κ2) is 10.2. The van der Waals surface area contributed by atoms with E-state index >= 15 is 0 Å². The molecule has 4 aromatic rings. The van der Waals surface area contributed by atoms with Crippen LogP contribution in [0.2, 0.25) is 0 Å². The molecule has 1 saturated heterocycles. The third kappa shape index (κ3) is 5.30. The lowest BCUT2D eigenvalue weighted by Gasteiger charge is -2.24. The fourth-order valence-corrected chi connectivity index (χ4v) is 4.81. The predicted molar refractivity (Wildman–Crippen MR) is 140 cm³/mol. The van der Waals surface area contributed by atoms with Crippen LogP contribution >= 0.6 is 0 Å². The molecule has 0 spiro atoms. The number of rotatable bonds is 7. The van der Waals surface area contributed by atoms with Gasteiger partial charge in [0.15, 0.2) is 0 Å². The van der Waals surface area contributed by atoms with Crippen molar-refractivity contribution in [1.29, 1.82) is 0 Å². The largest absolute Gasteiger partial charge is 0.457 e. The summed E-state index contributed by atoms with van der Waals surface area (Å²) in [4.78, 5) is 19.9. The van der Waals surface area contributed by atoms with Gasteiger partial charge < -0.3 is 19.9 Å². The first-order chi connectivity index (χ1) is 17.1. The van der Waals surface area contributed by atoms with E-state index in [9.17, 15) is 4.79 Å². The van der Waals surface area contributed by atoms with Gasteiger partial charge in [0, 0.05) is 24.0 Å². The van der Waals surface area contributed by atoms with Crippen LogP contribution in [-0.2, 0) is 6.54 Å². The van der Waals surface area contributed by atoms with Gasteiger partial charge in [-0.25, -0.2) is 9.78 Å². The third-order valence-electron chi connectivity index (χ3n) is 6.59. The minimum Gasteiger partial charge on any atom is -0.457 e. The van der Waals surface area contributed by atoms with Gasteiger partial charge >= 0.3 is 6.03 Å². The maximum absolute atomic E-state index is 12.6. The standard InChI is InChI=1S/C28H31N5O2/c1-3-32-17-7-8-23(32)19-33-20(2)29-26-18-22(13-16-27(26)33)31-28(34)30-21-11-14-25(15-12-21)35-24-9-5-4-6-10-24/h4-6,9-16,18,23H,3,7-8,17,19H2,1-2H3,(H2,30,31,34). The van der Waals surface area contributed by atoms with Crippen LogP contribution in [0.4, 0.5) is 16.2 Å². The van der Waals surface area contributed by atoms with Gasteiger partial charge in [0.1, 0.15) is 17.3 Å². The number of nitrogens with zero attached hydrogens (tertiary/aromatic N) is 3. The van der Waals surface area contributed by atoms with Gasteiger partial charge in [-0.05, 0) is 87.5 Å². The summed E-state index contributed by atoms with van der Waals surface area (Å²) >= 11 is 0. The number of urea groups is 1. The minimum atomic E-state index is -0.304. The van der Waals surface area contributed by atoms with Crippen molar-refractivity contribution >= 4 is 28.4 Å². The number of amides is 2. The Balaban J connectivity index is 1.22. The average Bonchev–Trinajstić information content (AvgIpc) is 3.44. The van der Waals surface area contributed by atoms with Crippen molar-refractivity contribution in [2.24, 2.45) is 0 Å². The fraction of sp³-hybridized carbons (Fsp3) is 0.286. The molecule has 7 nitrogen and oxygen atoms in total. The second-order valence-electron chi connectivity index (χ2n) is 8.92. The number of ether oxygens (including phenoxy) is 1. The van der Waals surface area contributed by atoms with Crippen LogP contribution in [0.25, 0.3) is 11.0 Å². The molecule has 35 heavy (non-hydrogen) atoms. The van der Waals surface area contributed by atoms with Gasteiger partial charge in [0.05, 0.1) is 11.0 Å². The topological polar surface area (TPSA) is 71.4 Å². The van der Waals surface area contributed by atoms with Crippen LogP contribution in [0.3, 0.4) is 0 Å². The zero-order valence-electron chi connectivity index (χ0n) is 20.2. The van der Waals surface area contributed by atoms with E-state index in [0.29, 0.717) is 23.2 Å². The average molecular weight is 470 g/mol. The molecule has 1 aliphatic rings. The molecule has 0 bridgehead atoms. The zero-order valence-corrected chi connectivity index (χ0v) is 20.2. The second-order valence-corrected chi connectivity index (χ2v) is 8.92. The Hall–Kier alpha value is -3.84. The number of likely N-dealkylation sites (tertiary alicyclic amines) is 1. The smallest absolute Gasteiger partial charge is 0.323 e. The Bertz CT molecular complexity index is 1300. The van der Waals surface area contributed by atoms with E-state index in [1.54, 1.807) is 0 Å². The van der Waals surface area contributed by atoms with Crippen molar-refractivity contribution < 1.29 is 9.53 Å². The molecule has 5 rings (SSSR count). The van der Waals surface area contributed by atoms with Crippen molar-refractivity contribution in [2.45, 2.75) is 39.3 Å². The number of aromatic nitrogens is 2. The van der Waals surface area contributed by atoms with Crippen LogP contribution < -0.4 is 15.4 Å². The quantitative estimate of drug-likeness (QED) is 0.335. The first kappa shape index (κ1) is 22.9. The molecule has 1 unspecified atom stereocenters. The van der Waals surface area contributed by atoms with Crippen LogP contribution in [0.1, 0.15) is 25.6 Å². The summed E-state index contributed by atoms with van der Waals surface area (Å²) in [5.74, 6) is 2.48. The lowest BCUT2D eigenvalue weighted by molar-refractivity contribution is 0.245. The summed E-state index contributed by atoms with van der Waals surface area (Å²) in [6.07, 6.45) is 2.49. The van der Waals surface area contributed by atoms with Crippen molar-refractivity contribution in [1.82, 2.24) is 14.5 Å². The molecule has 2 N–H and O–H groups in total. The number of hydrogen-bond acceptors (Lipinski definition) is 4. The number of carbonyl (C=O) groups is 1. The lowest BCUT2D eigenvalue weighted by Crippen LogP contribution is -2.32. The summed E-state index contributed by atoms with van der Waals surface area (Å²) in [5.41, 5.74) is 3.38. The third-order valence-corrected chi connectivity index (χ3v) is 6.59. The fourth-order valence-electron chi connectivity index (χ4n) is 4.81. The van der Waals surface area contributed by atoms with E-state index in [1.807, 2.05) is 72.8 Å². The van der Waals surface area contributed by atoms with E-state index < -0.39 is 0 Å². The maximum atomic E-state index is 12.6. The summed E-state index contributed by atoms with van der Waals surface area (Å²) < 4.78 is 8.10. The molecule has 7 heteroatoms. The maximum Gasteiger partial charge on any atom is 0.323 e. The number of para-hydroxylation sites is 1. The summed E-state index contributed by atoms with van der Waals surface area (Å²) in [6, 6.07) is 23.0. The SMILES string of the molecule is CCN1CCCC1Cn1c(C)nc2cc(NC(=O)Nc3ccc(Oc4ccccc4)cc3)ccc21. The Morgan fingerprint density at radius 2 is 1.71 bits per heavy atom. The molecule has 0 saturated carbocycles. The number of benzene rings is 3. The highest BCUT2D eigenvalue weighted by molar-refractivity contribution is 6.00. The van der Waals surface area contributed by atoms with Crippen molar-refractivity contribution in [3.8, 4) is 11.5 Å². The van der Waals surface area contributed by atoms with Gasteiger partial charge in [0.25, 0.3) is 0 Å². The van der Waals surface area contributed by atoms with Crippen molar-refractivity contribution in [3.05, 3.63) is 78.6 Å². The molecule has 180 valence electrons. The molecule has 1 aliphatic heterocycles. The van der Waals surface area contributed by atoms with Crippen LogP contribution in [-0.4, -0.2) is 39.6 Å². The Labute approximate surface area is 205 Å². The van der Waals surface area contributed by atoms with E-state index in [0.717, 1.165) is 35.7 Å². The van der Waals surface area contributed by atoms with E-state index in [1.165, 1.54) is 19.4 Å². The molecule has 1 fully saturated rings. The molecule has 1 atom stereocenters. The minimum absolute atomic E-state index is 0.304.